The van der Waals surface area contributed by atoms with E-state index in [-0.39, 0.29) is 6.61 Å². The van der Waals surface area contributed by atoms with Gasteiger partial charge in [-0.15, -0.1) is 0 Å². The normalized spacial score (nSPS) is 18.5. The zero-order chi connectivity index (χ0) is 14.4. The lowest BCUT2D eigenvalue weighted by atomic mass is 9.91. The van der Waals surface area contributed by atoms with Crippen LogP contribution in [0.5, 0.6) is 0 Å². The standard InChI is InChI=1S/C16H29N3O/c1-3-6-13(7-4-2)18-15-8-5-9-16-14(15)12-17-19(16)10-11-20/h12-13,15,18,20H,3-11H2,1-2H3. The average molecular weight is 279 g/mol. The maximum Gasteiger partial charge on any atom is 0.0644 e. The summed E-state index contributed by atoms with van der Waals surface area (Å²) in [7, 11) is 0. The second-order valence-corrected chi connectivity index (χ2v) is 5.88. The van der Waals surface area contributed by atoms with Gasteiger partial charge in [-0.1, -0.05) is 26.7 Å². The highest BCUT2D eigenvalue weighted by Crippen LogP contribution is 2.30. The highest BCUT2D eigenvalue weighted by molar-refractivity contribution is 5.25. The number of aromatic nitrogens is 2. The topological polar surface area (TPSA) is 50.1 Å². The van der Waals surface area contributed by atoms with Crippen molar-refractivity contribution in [3.05, 3.63) is 17.5 Å². The summed E-state index contributed by atoms with van der Waals surface area (Å²) in [6, 6.07) is 1.08. The number of hydrogen-bond donors (Lipinski definition) is 2. The Morgan fingerprint density at radius 1 is 1.40 bits per heavy atom. The van der Waals surface area contributed by atoms with Gasteiger partial charge in [-0.25, -0.2) is 0 Å². The van der Waals surface area contributed by atoms with E-state index in [1.54, 1.807) is 0 Å². The molecule has 0 fully saturated rings. The zero-order valence-electron chi connectivity index (χ0n) is 12.9. The molecular weight excluding hydrogens is 250 g/mol. The molecule has 1 aromatic heterocycles. The van der Waals surface area contributed by atoms with Crippen LogP contribution < -0.4 is 5.32 Å². The van der Waals surface area contributed by atoms with Crippen molar-refractivity contribution in [3.63, 3.8) is 0 Å². The second-order valence-electron chi connectivity index (χ2n) is 5.88. The molecule has 2 N–H and O–H groups in total. The molecule has 1 unspecified atom stereocenters. The largest absolute Gasteiger partial charge is 0.394 e. The highest BCUT2D eigenvalue weighted by atomic mass is 16.3. The smallest absolute Gasteiger partial charge is 0.0644 e. The van der Waals surface area contributed by atoms with Crippen LogP contribution in [-0.2, 0) is 13.0 Å². The van der Waals surface area contributed by atoms with Gasteiger partial charge in [0, 0.05) is 23.3 Å². The van der Waals surface area contributed by atoms with Gasteiger partial charge in [0.1, 0.15) is 0 Å². The summed E-state index contributed by atoms with van der Waals surface area (Å²) in [5.41, 5.74) is 2.69. The van der Waals surface area contributed by atoms with Crippen molar-refractivity contribution in [1.29, 1.82) is 0 Å². The van der Waals surface area contributed by atoms with Gasteiger partial charge in [-0.3, -0.25) is 4.68 Å². The molecular formula is C16H29N3O. The molecule has 0 saturated carbocycles. The van der Waals surface area contributed by atoms with Gasteiger partial charge in [0.05, 0.1) is 19.3 Å². The Kier molecular flexibility index (Phi) is 6.05. The van der Waals surface area contributed by atoms with Gasteiger partial charge in [-0.2, -0.15) is 5.10 Å². The van der Waals surface area contributed by atoms with E-state index in [0.717, 1.165) is 6.42 Å². The first-order valence-corrected chi connectivity index (χ1v) is 8.21. The maximum atomic E-state index is 9.11. The number of rotatable bonds is 8. The van der Waals surface area contributed by atoms with Gasteiger partial charge >= 0.3 is 0 Å². The van der Waals surface area contributed by atoms with Crippen LogP contribution >= 0.6 is 0 Å². The number of nitrogens with one attached hydrogen (secondary N) is 1. The van der Waals surface area contributed by atoms with Crippen LogP contribution in [-0.4, -0.2) is 27.5 Å². The van der Waals surface area contributed by atoms with E-state index < -0.39 is 0 Å². The molecule has 0 aliphatic heterocycles. The third kappa shape index (κ3) is 3.61. The summed E-state index contributed by atoms with van der Waals surface area (Å²) >= 11 is 0. The van der Waals surface area contributed by atoms with Crippen molar-refractivity contribution in [2.24, 2.45) is 0 Å². The third-order valence-electron chi connectivity index (χ3n) is 4.29. The van der Waals surface area contributed by atoms with Crippen LogP contribution in [0.15, 0.2) is 6.20 Å². The van der Waals surface area contributed by atoms with Crippen LogP contribution in [0.4, 0.5) is 0 Å². The minimum Gasteiger partial charge on any atom is -0.394 e. The summed E-state index contributed by atoms with van der Waals surface area (Å²) in [5.74, 6) is 0. The van der Waals surface area contributed by atoms with Crippen LogP contribution in [0.25, 0.3) is 0 Å². The third-order valence-corrected chi connectivity index (χ3v) is 4.29. The molecule has 1 aliphatic carbocycles. The number of nitrogens with zero attached hydrogens (tertiary/aromatic N) is 2. The quantitative estimate of drug-likeness (QED) is 0.769. The summed E-state index contributed by atoms with van der Waals surface area (Å²) in [5, 5.41) is 17.4. The molecule has 1 heterocycles. The number of fused-ring (bicyclic) bond motifs is 1. The molecule has 0 amide bonds. The summed E-state index contributed by atoms with van der Waals surface area (Å²) in [6.07, 6.45) is 10.5. The van der Waals surface area contributed by atoms with Crippen molar-refractivity contribution >= 4 is 0 Å². The Morgan fingerprint density at radius 2 is 2.15 bits per heavy atom. The van der Waals surface area contributed by atoms with Crippen molar-refractivity contribution < 1.29 is 5.11 Å². The Hall–Kier alpha value is -0.870. The molecule has 114 valence electrons. The lowest BCUT2D eigenvalue weighted by molar-refractivity contribution is 0.266. The monoisotopic (exact) mass is 279 g/mol. The van der Waals surface area contributed by atoms with Crippen LogP contribution in [0.3, 0.4) is 0 Å². The van der Waals surface area contributed by atoms with Gasteiger partial charge in [0.15, 0.2) is 0 Å². The molecule has 20 heavy (non-hydrogen) atoms. The fourth-order valence-corrected chi connectivity index (χ4v) is 3.37. The lowest BCUT2D eigenvalue weighted by Crippen LogP contribution is -2.34. The van der Waals surface area contributed by atoms with Crippen molar-refractivity contribution in [2.45, 2.75) is 77.4 Å². The summed E-state index contributed by atoms with van der Waals surface area (Å²) < 4.78 is 1.98. The first-order valence-electron chi connectivity index (χ1n) is 8.21. The fraction of sp³-hybridized carbons (Fsp3) is 0.812. The zero-order valence-corrected chi connectivity index (χ0v) is 12.9. The van der Waals surface area contributed by atoms with E-state index in [4.69, 9.17) is 5.11 Å². The molecule has 0 bridgehead atoms. The van der Waals surface area contributed by atoms with Gasteiger partial charge < -0.3 is 10.4 Å². The molecule has 2 rings (SSSR count). The molecule has 1 aliphatic rings. The van der Waals surface area contributed by atoms with Crippen molar-refractivity contribution in [3.8, 4) is 0 Å². The second kappa shape index (κ2) is 7.79. The number of aliphatic hydroxyl groups is 1. The summed E-state index contributed by atoms with van der Waals surface area (Å²) in [6.45, 7) is 5.31. The summed E-state index contributed by atoms with van der Waals surface area (Å²) in [4.78, 5) is 0. The number of aliphatic hydroxyl groups excluding tert-OH is 1. The van der Waals surface area contributed by atoms with Crippen LogP contribution in [0.2, 0.25) is 0 Å². The van der Waals surface area contributed by atoms with E-state index in [9.17, 15) is 0 Å². The van der Waals surface area contributed by atoms with Gasteiger partial charge in [0.2, 0.25) is 0 Å². The Balaban J connectivity index is 2.07. The van der Waals surface area contributed by atoms with E-state index in [2.05, 4.69) is 24.3 Å². The predicted octanol–water partition coefficient (Wildman–Crippen LogP) is 2.81. The highest BCUT2D eigenvalue weighted by Gasteiger charge is 2.25. The Morgan fingerprint density at radius 3 is 2.80 bits per heavy atom. The van der Waals surface area contributed by atoms with Crippen LogP contribution in [0, 0.1) is 0 Å². The first kappa shape index (κ1) is 15.5. The van der Waals surface area contributed by atoms with E-state index in [0.29, 0.717) is 18.6 Å². The van der Waals surface area contributed by atoms with E-state index >= 15 is 0 Å². The number of hydrogen-bond acceptors (Lipinski definition) is 3. The SMILES string of the molecule is CCCC(CCC)NC1CCCc2c1cnn2CCO. The molecule has 4 nitrogen and oxygen atoms in total. The van der Waals surface area contributed by atoms with E-state index in [1.807, 2.05) is 10.9 Å². The molecule has 0 radical (unpaired) electrons. The van der Waals surface area contributed by atoms with Crippen LogP contribution in [0.1, 0.15) is 69.7 Å². The first-order chi connectivity index (χ1) is 9.80. The molecule has 1 aromatic rings. The molecule has 0 aromatic carbocycles. The van der Waals surface area contributed by atoms with Crippen molar-refractivity contribution in [1.82, 2.24) is 15.1 Å². The molecule has 1 atom stereocenters. The molecule has 4 heteroatoms. The lowest BCUT2D eigenvalue weighted by Gasteiger charge is -2.29. The maximum absolute atomic E-state index is 9.11. The minimum absolute atomic E-state index is 0.167. The molecule has 0 spiro atoms. The fourth-order valence-electron chi connectivity index (χ4n) is 3.37. The Labute approximate surface area is 122 Å². The average Bonchev–Trinajstić information content (AvgIpc) is 2.84. The molecule has 0 saturated heterocycles. The van der Waals surface area contributed by atoms with E-state index in [1.165, 1.54) is 49.8 Å². The van der Waals surface area contributed by atoms with Crippen molar-refractivity contribution in [2.75, 3.05) is 6.61 Å². The minimum atomic E-state index is 0.167. The van der Waals surface area contributed by atoms with Gasteiger partial charge in [0.25, 0.3) is 0 Å². The predicted molar refractivity (Wildman–Crippen MR) is 81.7 cm³/mol. The Bertz CT molecular complexity index is 396. The van der Waals surface area contributed by atoms with Gasteiger partial charge in [-0.05, 0) is 32.1 Å².